The monoisotopic (exact) mass is 304 g/mol. The van der Waals surface area contributed by atoms with Gasteiger partial charge in [0.15, 0.2) is 5.72 Å². The van der Waals surface area contributed by atoms with Crippen LogP contribution in [0.1, 0.15) is 27.7 Å². The Morgan fingerprint density at radius 3 is 2.00 bits per heavy atom. The molecular weight excluding hydrogens is 287 g/mol. The van der Waals surface area contributed by atoms with Crippen molar-refractivity contribution >= 4 is 22.9 Å². The molecule has 0 heterocycles. The van der Waals surface area contributed by atoms with Crippen LogP contribution < -0.4 is 20.4 Å². The number of hydrazine groups is 1. The highest BCUT2D eigenvalue weighted by Crippen LogP contribution is 2.07. The lowest BCUT2D eigenvalue weighted by Crippen LogP contribution is -2.54. The molecule has 0 saturated carbocycles. The van der Waals surface area contributed by atoms with Gasteiger partial charge < -0.3 is 0 Å². The summed E-state index contributed by atoms with van der Waals surface area (Å²) in [6, 6.07) is 0. The van der Waals surface area contributed by atoms with E-state index in [1.807, 2.05) is 36.7 Å². The fourth-order valence-electron chi connectivity index (χ4n) is 0.397. The Morgan fingerprint density at radius 1 is 1.08 bits per heavy atom. The molecule has 0 aromatic heterocycles. The van der Waals surface area contributed by atoms with Crippen LogP contribution in [-0.2, 0) is 9.68 Å². The first-order chi connectivity index (χ1) is 5.83. The summed E-state index contributed by atoms with van der Waals surface area (Å²) < 4.78 is 2.54. The van der Waals surface area contributed by atoms with Crippen LogP contribution in [0, 0.1) is 0 Å². The van der Waals surface area contributed by atoms with Gasteiger partial charge in [0.1, 0.15) is 5.72 Å². The van der Waals surface area contributed by atoms with Gasteiger partial charge >= 0.3 is 0 Å². The molecule has 0 radical (unpaired) electrons. The molecule has 0 bridgehead atoms. The summed E-state index contributed by atoms with van der Waals surface area (Å²) in [6.45, 7) is 7.19. The summed E-state index contributed by atoms with van der Waals surface area (Å²) >= 11 is 1.87. The van der Waals surface area contributed by atoms with E-state index in [0.717, 1.165) is 0 Å². The summed E-state index contributed by atoms with van der Waals surface area (Å²) in [5, 5.41) is 0. The minimum Gasteiger partial charge on any atom is -0.276 e. The van der Waals surface area contributed by atoms with Crippen molar-refractivity contribution in [2.24, 2.45) is 5.84 Å². The second-order valence-corrected chi connectivity index (χ2v) is 3.99. The number of nitrogens with two attached hydrogens (primary N) is 1. The Hall–Kier alpha value is 0.490. The van der Waals surface area contributed by atoms with Crippen LogP contribution in [0.5, 0.6) is 0 Å². The van der Waals surface area contributed by atoms with Crippen molar-refractivity contribution in [3.8, 4) is 0 Å². The summed E-state index contributed by atoms with van der Waals surface area (Å²) in [5.74, 6) is 5.24. The van der Waals surface area contributed by atoms with Gasteiger partial charge in [0.25, 0.3) is 0 Å². The van der Waals surface area contributed by atoms with Crippen LogP contribution in [0.15, 0.2) is 0 Å². The first-order valence-corrected chi connectivity index (χ1v) is 4.87. The molecule has 0 aliphatic rings. The third-order valence-electron chi connectivity index (χ3n) is 1.19. The fraction of sp³-hybridized carbons (Fsp3) is 1.00. The van der Waals surface area contributed by atoms with E-state index in [2.05, 4.69) is 14.6 Å². The summed E-state index contributed by atoms with van der Waals surface area (Å²) in [6.07, 6.45) is 0. The quantitative estimate of drug-likeness (QED) is 0.186. The van der Waals surface area contributed by atoms with Gasteiger partial charge in [-0.3, -0.25) is 15.5 Å². The molecule has 0 unspecified atom stereocenters. The number of hydroxylamine groups is 1. The Kier molecular flexibility index (Phi) is 5.59. The standard InChI is InChI=1S/C6H17IN4O2/c1-5(2,9-8)12-10-6(3,4)13-11-7/h9-11H,8H2,1-4H3. The van der Waals surface area contributed by atoms with Crippen molar-refractivity contribution in [1.82, 2.24) is 14.6 Å². The largest absolute Gasteiger partial charge is 0.276 e. The van der Waals surface area contributed by atoms with Crippen LogP contribution in [-0.4, -0.2) is 11.4 Å². The molecule has 6 nitrogen and oxygen atoms in total. The number of hydrogen-bond acceptors (Lipinski definition) is 6. The second kappa shape index (κ2) is 5.39. The highest BCUT2D eigenvalue weighted by atomic mass is 127. The predicted octanol–water partition coefficient (Wildman–Crippen LogP) is 0.314. The highest BCUT2D eigenvalue weighted by molar-refractivity contribution is 14.1. The van der Waals surface area contributed by atoms with E-state index in [0.29, 0.717) is 0 Å². The molecule has 0 saturated heterocycles. The van der Waals surface area contributed by atoms with Crippen LogP contribution >= 0.6 is 22.9 Å². The van der Waals surface area contributed by atoms with Gasteiger partial charge in [-0.15, -0.1) is 3.69 Å². The summed E-state index contributed by atoms with van der Waals surface area (Å²) in [5.41, 5.74) is 3.94. The van der Waals surface area contributed by atoms with Crippen molar-refractivity contribution in [2.45, 2.75) is 39.1 Å². The first-order valence-electron chi connectivity index (χ1n) is 3.79. The molecule has 0 rings (SSSR count). The predicted molar refractivity (Wildman–Crippen MR) is 57.9 cm³/mol. The smallest absolute Gasteiger partial charge is 0.157 e. The maximum atomic E-state index is 5.24. The minimum atomic E-state index is -0.647. The van der Waals surface area contributed by atoms with Crippen molar-refractivity contribution < 1.29 is 9.68 Å². The number of nitrogens with one attached hydrogen (secondary N) is 3. The molecule has 0 spiro atoms. The van der Waals surface area contributed by atoms with Crippen molar-refractivity contribution in [2.75, 3.05) is 0 Å². The Labute approximate surface area is 92.3 Å². The van der Waals surface area contributed by atoms with Gasteiger partial charge in [-0.05, 0) is 27.7 Å². The van der Waals surface area contributed by atoms with Crippen molar-refractivity contribution in [3.05, 3.63) is 0 Å². The zero-order valence-electron chi connectivity index (χ0n) is 8.27. The average molecular weight is 304 g/mol. The van der Waals surface area contributed by atoms with Gasteiger partial charge in [-0.1, -0.05) is 0 Å². The zero-order valence-corrected chi connectivity index (χ0v) is 10.4. The minimum absolute atomic E-state index is 0.630. The van der Waals surface area contributed by atoms with Crippen molar-refractivity contribution in [3.63, 3.8) is 0 Å². The molecule has 80 valence electrons. The van der Waals surface area contributed by atoms with Crippen LogP contribution in [0.2, 0.25) is 0 Å². The van der Waals surface area contributed by atoms with E-state index in [-0.39, 0.29) is 0 Å². The molecule has 0 fully saturated rings. The molecular formula is C6H17IN4O2. The van der Waals surface area contributed by atoms with Crippen LogP contribution in [0.4, 0.5) is 0 Å². The topological polar surface area (TPSA) is 80.6 Å². The summed E-state index contributed by atoms with van der Waals surface area (Å²) in [4.78, 5) is 10.3. The molecule has 0 aromatic rings. The number of rotatable bonds is 6. The van der Waals surface area contributed by atoms with Crippen molar-refractivity contribution in [1.29, 1.82) is 0 Å². The lowest BCUT2D eigenvalue weighted by Gasteiger charge is -2.30. The molecule has 5 N–H and O–H groups in total. The summed E-state index contributed by atoms with van der Waals surface area (Å²) in [7, 11) is 0. The van der Waals surface area contributed by atoms with E-state index in [1.165, 1.54) is 0 Å². The average Bonchev–Trinajstić information content (AvgIpc) is 2.02. The molecule has 0 amide bonds. The van der Waals surface area contributed by atoms with E-state index in [4.69, 9.17) is 15.5 Å². The Balaban J connectivity index is 3.86. The molecule has 0 aromatic carbocycles. The van der Waals surface area contributed by atoms with Crippen LogP contribution in [0.3, 0.4) is 0 Å². The third-order valence-corrected chi connectivity index (χ3v) is 1.41. The lowest BCUT2D eigenvalue weighted by atomic mass is 10.3. The molecule has 0 aliphatic heterocycles. The zero-order chi connectivity index (χ0) is 10.5. The normalized spacial score (nSPS) is 13.4. The van der Waals surface area contributed by atoms with E-state index in [1.54, 1.807) is 13.8 Å². The van der Waals surface area contributed by atoms with Gasteiger partial charge in [-0.25, -0.2) is 5.43 Å². The van der Waals surface area contributed by atoms with E-state index >= 15 is 0 Å². The maximum Gasteiger partial charge on any atom is 0.157 e. The van der Waals surface area contributed by atoms with E-state index in [9.17, 15) is 0 Å². The maximum absolute atomic E-state index is 5.24. The van der Waals surface area contributed by atoms with Gasteiger partial charge in [0.2, 0.25) is 0 Å². The lowest BCUT2D eigenvalue weighted by molar-refractivity contribution is -0.208. The number of hydrogen-bond donors (Lipinski definition) is 4. The molecule has 13 heavy (non-hydrogen) atoms. The van der Waals surface area contributed by atoms with Gasteiger partial charge in [0, 0.05) is 22.9 Å². The van der Waals surface area contributed by atoms with Gasteiger partial charge in [-0.2, -0.15) is 5.48 Å². The molecule has 0 atom stereocenters. The van der Waals surface area contributed by atoms with E-state index < -0.39 is 11.4 Å². The molecule has 0 aliphatic carbocycles. The first kappa shape index (κ1) is 13.5. The highest BCUT2D eigenvalue weighted by Gasteiger charge is 2.24. The number of halogens is 1. The Morgan fingerprint density at radius 2 is 1.62 bits per heavy atom. The Bertz CT molecular complexity index is 154. The molecule has 7 heteroatoms. The fourth-order valence-corrected chi connectivity index (χ4v) is 0.948. The SMILES string of the molecule is CC(C)(NN)ONC(C)(C)ONI. The van der Waals surface area contributed by atoms with Gasteiger partial charge in [0.05, 0.1) is 0 Å². The third kappa shape index (κ3) is 6.55. The van der Waals surface area contributed by atoms with Crippen LogP contribution in [0.25, 0.3) is 0 Å². The second-order valence-electron chi connectivity index (χ2n) is 3.55.